The first-order valence-corrected chi connectivity index (χ1v) is 4.09. The predicted molar refractivity (Wildman–Crippen MR) is 29.9 cm³/mol. The van der Waals surface area contributed by atoms with Crippen LogP contribution in [0, 0.1) is 0 Å². The molecule has 0 aromatic heterocycles. The van der Waals surface area contributed by atoms with Crippen molar-refractivity contribution in [3.63, 3.8) is 0 Å². The minimum atomic E-state index is -4.03. The van der Waals surface area contributed by atoms with Gasteiger partial charge in [0.15, 0.2) is 0 Å². The van der Waals surface area contributed by atoms with Crippen LogP contribution in [0.5, 0.6) is 0 Å². The Morgan fingerprint density at radius 2 is 2.00 bits per heavy atom. The van der Waals surface area contributed by atoms with Crippen LogP contribution in [0.3, 0.4) is 0 Å². The van der Waals surface area contributed by atoms with E-state index in [1.165, 1.54) is 0 Å². The van der Waals surface area contributed by atoms with E-state index in [2.05, 4.69) is 4.74 Å². The van der Waals surface area contributed by atoms with Gasteiger partial charge in [-0.25, -0.2) is 0 Å². The molecular formula is C3H9O5P. The van der Waals surface area contributed by atoms with Crippen LogP contribution < -0.4 is 0 Å². The van der Waals surface area contributed by atoms with Crippen molar-refractivity contribution < 1.29 is 24.2 Å². The van der Waals surface area contributed by atoms with Crippen molar-refractivity contribution in [2.75, 3.05) is 19.6 Å². The third kappa shape index (κ3) is 8.07. The van der Waals surface area contributed by atoms with Crippen LogP contribution in [0.4, 0.5) is 0 Å². The van der Waals surface area contributed by atoms with Crippen molar-refractivity contribution in [3.05, 3.63) is 0 Å². The van der Waals surface area contributed by atoms with Gasteiger partial charge in [0.05, 0.1) is 13.2 Å². The summed E-state index contributed by atoms with van der Waals surface area (Å²) in [5.74, 6) is 0. The highest BCUT2D eigenvalue weighted by molar-refractivity contribution is 7.51. The molecule has 6 heteroatoms. The fourth-order valence-electron chi connectivity index (χ4n) is 0.248. The van der Waals surface area contributed by atoms with Crippen molar-refractivity contribution in [2.45, 2.75) is 0 Å². The number of rotatable bonds is 4. The number of hydrogen-bond donors (Lipinski definition) is 3. The summed E-state index contributed by atoms with van der Waals surface area (Å²) in [5, 5.41) is 8.09. The zero-order valence-electron chi connectivity index (χ0n) is 4.73. The van der Waals surface area contributed by atoms with Gasteiger partial charge in [-0.1, -0.05) is 0 Å². The monoisotopic (exact) mass is 156 g/mol. The molecule has 3 N–H and O–H groups in total. The van der Waals surface area contributed by atoms with Gasteiger partial charge in [-0.05, 0) is 0 Å². The average molecular weight is 156 g/mol. The molecule has 0 rings (SSSR count). The van der Waals surface area contributed by atoms with E-state index in [0.717, 1.165) is 0 Å². The fourth-order valence-corrected chi connectivity index (χ4v) is 0.615. The lowest BCUT2D eigenvalue weighted by atomic mass is 10.8. The summed E-state index contributed by atoms with van der Waals surface area (Å²) in [6.07, 6.45) is -0.618. The molecule has 0 fully saturated rings. The van der Waals surface area contributed by atoms with Crippen molar-refractivity contribution >= 4 is 7.60 Å². The highest BCUT2D eigenvalue weighted by Gasteiger charge is 2.11. The van der Waals surface area contributed by atoms with Crippen LogP contribution in [0.25, 0.3) is 0 Å². The Morgan fingerprint density at radius 3 is 2.33 bits per heavy atom. The molecule has 0 spiro atoms. The molecule has 0 radical (unpaired) electrons. The molecular weight excluding hydrogens is 147 g/mol. The lowest BCUT2D eigenvalue weighted by Crippen LogP contribution is -2.00. The zero-order valence-corrected chi connectivity index (χ0v) is 5.62. The Kier molecular flexibility index (Phi) is 4.01. The van der Waals surface area contributed by atoms with Crippen LogP contribution >= 0.6 is 7.60 Å². The van der Waals surface area contributed by atoms with Crippen LogP contribution in [-0.4, -0.2) is 34.5 Å². The molecule has 0 amide bonds. The van der Waals surface area contributed by atoms with Crippen molar-refractivity contribution in [2.24, 2.45) is 0 Å². The summed E-state index contributed by atoms with van der Waals surface area (Å²) >= 11 is 0. The van der Waals surface area contributed by atoms with E-state index in [9.17, 15) is 4.57 Å². The number of ether oxygens (including phenoxy) is 1. The topological polar surface area (TPSA) is 87.0 Å². The van der Waals surface area contributed by atoms with Gasteiger partial charge in [-0.2, -0.15) is 0 Å². The van der Waals surface area contributed by atoms with Gasteiger partial charge in [0.25, 0.3) is 0 Å². The molecule has 0 saturated heterocycles. The number of hydrogen-bond acceptors (Lipinski definition) is 3. The van der Waals surface area contributed by atoms with Gasteiger partial charge in [0, 0.05) is 0 Å². The van der Waals surface area contributed by atoms with Crippen molar-refractivity contribution in [1.29, 1.82) is 0 Å². The molecule has 0 bridgehead atoms. The van der Waals surface area contributed by atoms with Crippen LogP contribution in [0.1, 0.15) is 0 Å². The van der Waals surface area contributed by atoms with Gasteiger partial charge >= 0.3 is 7.60 Å². The minimum Gasteiger partial charge on any atom is -0.394 e. The van der Waals surface area contributed by atoms with Crippen molar-refractivity contribution in [1.82, 2.24) is 0 Å². The average Bonchev–Trinajstić information content (AvgIpc) is 1.63. The first-order valence-electron chi connectivity index (χ1n) is 2.29. The Labute approximate surface area is 52.4 Å². The highest BCUT2D eigenvalue weighted by atomic mass is 31.2. The quantitative estimate of drug-likeness (QED) is 0.364. The second kappa shape index (κ2) is 3.98. The third-order valence-electron chi connectivity index (χ3n) is 0.495. The predicted octanol–water partition coefficient (Wildman–Crippen LogP) is -0.870. The third-order valence-corrected chi connectivity index (χ3v) is 1.01. The summed E-state index contributed by atoms with van der Waals surface area (Å²) < 4.78 is 14.3. The highest BCUT2D eigenvalue weighted by Crippen LogP contribution is 2.33. The molecule has 0 saturated carbocycles. The summed E-state index contributed by atoms with van der Waals surface area (Å²) in [6, 6.07) is 0. The van der Waals surface area contributed by atoms with E-state index in [1.54, 1.807) is 0 Å². The second-order valence-electron chi connectivity index (χ2n) is 1.43. The lowest BCUT2D eigenvalue weighted by molar-refractivity contribution is 0.111. The Hall–Kier alpha value is 0.0700. The second-order valence-corrected chi connectivity index (χ2v) is 3.01. The Balaban J connectivity index is 3.18. The molecule has 0 atom stereocenters. The van der Waals surface area contributed by atoms with E-state index in [0.29, 0.717) is 0 Å². The van der Waals surface area contributed by atoms with Gasteiger partial charge in [0.2, 0.25) is 0 Å². The molecule has 0 aliphatic rings. The normalized spacial score (nSPS) is 11.9. The fraction of sp³-hybridized carbons (Fsp3) is 1.00. The van der Waals surface area contributed by atoms with Gasteiger partial charge in [-0.15, -0.1) is 0 Å². The summed E-state index contributed by atoms with van der Waals surface area (Å²) in [7, 11) is -4.03. The first-order chi connectivity index (χ1) is 4.06. The maximum absolute atomic E-state index is 9.99. The molecule has 5 nitrogen and oxygen atoms in total. The van der Waals surface area contributed by atoms with Gasteiger partial charge in [-0.3, -0.25) is 4.57 Å². The summed E-state index contributed by atoms with van der Waals surface area (Å²) in [4.78, 5) is 16.3. The SMILES string of the molecule is O=P(O)(O)COCCO. The van der Waals surface area contributed by atoms with E-state index in [-0.39, 0.29) is 13.2 Å². The molecule has 0 unspecified atom stereocenters. The van der Waals surface area contributed by atoms with E-state index in [4.69, 9.17) is 14.9 Å². The van der Waals surface area contributed by atoms with Crippen molar-refractivity contribution in [3.8, 4) is 0 Å². The number of aliphatic hydroxyl groups is 1. The van der Waals surface area contributed by atoms with Gasteiger partial charge in [0.1, 0.15) is 6.35 Å². The maximum atomic E-state index is 9.99. The Bertz CT molecular complexity index is 107. The molecule has 0 heterocycles. The van der Waals surface area contributed by atoms with E-state index >= 15 is 0 Å². The van der Waals surface area contributed by atoms with E-state index in [1.807, 2.05) is 0 Å². The molecule has 56 valence electrons. The molecule has 0 aliphatic carbocycles. The number of aliphatic hydroxyl groups excluding tert-OH is 1. The van der Waals surface area contributed by atoms with E-state index < -0.39 is 13.9 Å². The zero-order chi connectivity index (χ0) is 7.33. The lowest BCUT2D eigenvalue weighted by Gasteiger charge is -2.02. The van der Waals surface area contributed by atoms with Crippen LogP contribution in [0.2, 0.25) is 0 Å². The van der Waals surface area contributed by atoms with Crippen LogP contribution in [-0.2, 0) is 9.30 Å². The summed E-state index contributed by atoms with van der Waals surface area (Å²) in [6.45, 7) is -0.259. The molecule has 0 aromatic rings. The minimum absolute atomic E-state index is 0.0366. The molecule has 0 aliphatic heterocycles. The van der Waals surface area contributed by atoms with Gasteiger partial charge < -0.3 is 19.6 Å². The largest absolute Gasteiger partial charge is 0.394 e. The first kappa shape index (κ1) is 9.07. The molecule has 0 aromatic carbocycles. The van der Waals surface area contributed by atoms with Crippen LogP contribution in [0.15, 0.2) is 0 Å². The maximum Gasteiger partial charge on any atom is 0.350 e. The summed E-state index contributed by atoms with van der Waals surface area (Å²) in [5.41, 5.74) is 0. The molecule has 9 heavy (non-hydrogen) atoms. The standard InChI is InChI=1S/C3H9O5P/c4-1-2-8-3-9(5,6)7/h4H,1-3H2,(H2,5,6,7). The smallest absolute Gasteiger partial charge is 0.350 e. The Morgan fingerprint density at radius 1 is 1.44 bits per heavy atom.